The Balaban J connectivity index is 2.05. The molecule has 2 unspecified atom stereocenters. The smallest absolute Gasteiger partial charge is 0.138 e. The summed E-state index contributed by atoms with van der Waals surface area (Å²) in [4.78, 5) is 2.14. The van der Waals surface area contributed by atoms with E-state index in [0.717, 1.165) is 31.1 Å². The molecule has 3 rings (SSSR count). The predicted octanol–water partition coefficient (Wildman–Crippen LogP) is 2.31. The maximum Gasteiger partial charge on any atom is 0.138 e. The van der Waals surface area contributed by atoms with Crippen molar-refractivity contribution in [1.29, 1.82) is 0 Å². The second-order valence-electron chi connectivity index (χ2n) is 4.64. The van der Waals surface area contributed by atoms with Crippen molar-refractivity contribution >= 4 is 34.0 Å². The van der Waals surface area contributed by atoms with Gasteiger partial charge in [0, 0.05) is 25.6 Å². The molecule has 0 bridgehead atoms. The first-order valence-corrected chi connectivity index (χ1v) is 6.78. The number of likely N-dealkylation sites (N-methyl/N-ethyl adjacent to an activating group) is 1. The molecule has 0 aliphatic carbocycles. The van der Waals surface area contributed by atoms with Crippen molar-refractivity contribution in [3.05, 3.63) is 21.5 Å². The van der Waals surface area contributed by atoms with E-state index in [2.05, 4.69) is 10.2 Å². The highest BCUT2D eigenvalue weighted by Gasteiger charge is 2.34. The summed E-state index contributed by atoms with van der Waals surface area (Å²) in [5, 5.41) is 3.40. The standard InChI is InChI=1S/C12H14FIN2O/c1-16-11-2-8(13)9(14)3-10(11)15-4-7-5-17-6-12(7)16/h2-3,7,12,15H,4-6H2,1H3. The van der Waals surface area contributed by atoms with Crippen LogP contribution in [0.3, 0.4) is 0 Å². The van der Waals surface area contributed by atoms with Crippen molar-refractivity contribution in [3.63, 3.8) is 0 Å². The van der Waals surface area contributed by atoms with E-state index in [1.54, 1.807) is 6.07 Å². The molecule has 1 aromatic rings. The van der Waals surface area contributed by atoms with Crippen molar-refractivity contribution in [1.82, 2.24) is 0 Å². The molecule has 2 aliphatic rings. The molecule has 3 nitrogen and oxygen atoms in total. The monoisotopic (exact) mass is 348 g/mol. The summed E-state index contributed by atoms with van der Waals surface area (Å²) >= 11 is 2.03. The van der Waals surface area contributed by atoms with Crippen LogP contribution in [0.4, 0.5) is 15.8 Å². The van der Waals surface area contributed by atoms with Gasteiger partial charge < -0.3 is 15.0 Å². The third kappa shape index (κ3) is 1.89. The van der Waals surface area contributed by atoms with Crippen molar-refractivity contribution in [2.24, 2.45) is 5.92 Å². The van der Waals surface area contributed by atoms with Crippen LogP contribution in [-0.4, -0.2) is 32.8 Å². The van der Waals surface area contributed by atoms with E-state index >= 15 is 0 Å². The van der Waals surface area contributed by atoms with Gasteiger partial charge in [0.05, 0.1) is 34.2 Å². The molecule has 92 valence electrons. The highest BCUT2D eigenvalue weighted by molar-refractivity contribution is 14.1. The molecule has 0 radical (unpaired) electrons. The van der Waals surface area contributed by atoms with Crippen LogP contribution in [0.1, 0.15) is 0 Å². The number of ether oxygens (including phenoxy) is 1. The van der Waals surface area contributed by atoms with Gasteiger partial charge in [-0.15, -0.1) is 0 Å². The minimum Gasteiger partial charge on any atom is -0.383 e. The minimum absolute atomic E-state index is 0.157. The second kappa shape index (κ2) is 4.28. The van der Waals surface area contributed by atoms with Gasteiger partial charge in [0.1, 0.15) is 5.82 Å². The number of benzene rings is 1. The predicted molar refractivity (Wildman–Crippen MR) is 74.1 cm³/mol. The Morgan fingerprint density at radius 2 is 2.29 bits per heavy atom. The molecule has 1 saturated heterocycles. The summed E-state index contributed by atoms with van der Waals surface area (Å²) in [6.45, 7) is 2.41. The molecule has 17 heavy (non-hydrogen) atoms. The molecular formula is C12H14FIN2O. The first kappa shape index (κ1) is 11.5. The van der Waals surface area contributed by atoms with Gasteiger partial charge in [0.15, 0.2) is 0 Å². The van der Waals surface area contributed by atoms with Crippen LogP contribution in [-0.2, 0) is 4.74 Å². The van der Waals surface area contributed by atoms with Crippen molar-refractivity contribution < 1.29 is 9.13 Å². The first-order chi connectivity index (χ1) is 8.16. The molecular weight excluding hydrogens is 334 g/mol. The number of nitrogens with zero attached hydrogens (tertiary/aromatic N) is 1. The summed E-state index contributed by atoms with van der Waals surface area (Å²) < 4.78 is 19.8. The number of anilines is 2. The summed E-state index contributed by atoms with van der Waals surface area (Å²) in [5.41, 5.74) is 1.95. The fraction of sp³-hybridized carbons (Fsp3) is 0.500. The molecule has 0 saturated carbocycles. The fourth-order valence-electron chi connectivity index (χ4n) is 2.60. The lowest BCUT2D eigenvalue weighted by molar-refractivity contribution is 0.185. The van der Waals surface area contributed by atoms with E-state index in [-0.39, 0.29) is 5.82 Å². The van der Waals surface area contributed by atoms with E-state index < -0.39 is 0 Å². The Bertz CT molecular complexity index is 454. The third-order valence-corrected chi connectivity index (χ3v) is 4.46. The SMILES string of the molecule is CN1c2cc(F)c(I)cc2NCC2COCC21. The number of rotatable bonds is 0. The van der Waals surface area contributed by atoms with Crippen LogP contribution < -0.4 is 10.2 Å². The van der Waals surface area contributed by atoms with E-state index in [4.69, 9.17) is 4.74 Å². The Morgan fingerprint density at radius 3 is 3.12 bits per heavy atom. The highest BCUT2D eigenvalue weighted by Crippen LogP contribution is 2.36. The third-order valence-electron chi connectivity index (χ3n) is 3.64. The molecule has 1 aromatic carbocycles. The largest absolute Gasteiger partial charge is 0.383 e. The van der Waals surface area contributed by atoms with Crippen LogP contribution in [0.2, 0.25) is 0 Å². The molecule has 0 spiro atoms. The number of halogens is 2. The number of nitrogens with one attached hydrogen (secondary N) is 1. The summed E-state index contributed by atoms with van der Waals surface area (Å²) in [6.07, 6.45) is 0. The van der Waals surface area contributed by atoms with Crippen LogP contribution in [0.25, 0.3) is 0 Å². The van der Waals surface area contributed by atoms with Gasteiger partial charge in [0.25, 0.3) is 0 Å². The average Bonchev–Trinajstić information content (AvgIpc) is 2.73. The van der Waals surface area contributed by atoms with Gasteiger partial charge in [-0.05, 0) is 28.7 Å². The van der Waals surface area contributed by atoms with Crippen LogP contribution in [0.15, 0.2) is 12.1 Å². The molecule has 1 N–H and O–H groups in total. The maximum atomic E-state index is 13.7. The highest BCUT2D eigenvalue weighted by atomic mass is 127. The van der Waals surface area contributed by atoms with Gasteiger partial charge in [-0.2, -0.15) is 0 Å². The molecule has 1 fully saturated rings. The lowest BCUT2D eigenvalue weighted by Crippen LogP contribution is -2.37. The van der Waals surface area contributed by atoms with Gasteiger partial charge in [-0.1, -0.05) is 0 Å². The lowest BCUT2D eigenvalue weighted by Gasteiger charge is -2.27. The number of fused-ring (bicyclic) bond motifs is 2. The summed E-state index contributed by atoms with van der Waals surface area (Å²) in [5.74, 6) is 0.323. The minimum atomic E-state index is -0.157. The Hall–Kier alpha value is -0.560. The average molecular weight is 348 g/mol. The van der Waals surface area contributed by atoms with Gasteiger partial charge >= 0.3 is 0 Å². The van der Waals surface area contributed by atoms with Crippen molar-refractivity contribution in [2.45, 2.75) is 6.04 Å². The number of hydrogen-bond donors (Lipinski definition) is 1. The topological polar surface area (TPSA) is 24.5 Å². The van der Waals surface area contributed by atoms with E-state index in [1.807, 2.05) is 35.7 Å². The molecule has 5 heteroatoms. The summed E-state index contributed by atoms with van der Waals surface area (Å²) in [7, 11) is 2.02. The van der Waals surface area contributed by atoms with Crippen LogP contribution >= 0.6 is 22.6 Å². The zero-order valence-corrected chi connectivity index (χ0v) is 11.7. The molecule has 2 aliphatic heterocycles. The maximum absolute atomic E-state index is 13.7. The Kier molecular flexibility index (Phi) is 2.90. The zero-order chi connectivity index (χ0) is 12.0. The van der Waals surface area contributed by atoms with Crippen molar-refractivity contribution in [2.75, 3.05) is 37.0 Å². The second-order valence-corrected chi connectivity index (χ2v) is 5.80. The Labute approximate surface area is 113 Å². The quantitative estimate of drug-likeness (QED) is 0.729. The zero-order valence-electron chi connectivity index (χ0n) is 9.54. The van der Waals surface area contributed by atoms with E-state index in [1.165, 1.54) is 0 Å². The first-order valence-electron chi connectivity index (χ1n) is 5.70. The normalized spacial score (nSPS) is 27.1. The van der Waals surface area contributed by atoms with Crippen molar-refractivity contribution in [3.8, 4) is 0 Å². The van der Waals surface area contributed by atoms with Crippen LogP contribution in [0.5, 0.6) is 0 Å². The lowest BCUT2D eigenvalue weighted by atomic mass is 10.0. The molecule has 2 atom stereocenters. The fourth-order valence-corrected chi connectivity index (χ4v) is 3.07. The molecule has 0 aromatic heterocycles. The summed E-state index contributed by atoms with van der Waals surface area (Å²) in [6, 6.07) is 3.84. The van der Waals surface area contributed by atoms with Gasteiger partial charge in [-0.3, -0.25) is 0 Å². The van der Waals surface area contributed by atoms with Gasteiger partial charge in [0.2, 0.25) is 0 Å². The molecule has 2 heterocycles. The number of hydrogen-bond acceptors (Lipinski definition) is 3. The van der Waals surface area contributed by atoms with Gasteiger partial charge in [-0.25, -0.2) is 4.39 Å². The van der Waals surface area contributed by atoms with Crippen LogP contribution in [0, 0.1) is 15.3 Å². The molecule has 0 amide bonds. The Morgan fingerprint density at radius 1 is 1.47 bits per heavy atom. The van der Waals surface area contributed by atoms with E-state index in [9.17, 15) is 4.39 Å². The van der Waals surface area contributed by atoms with E-state index in [0.29, 0.717) is 15.5 Å².